The summed E-state index contributed by atoms with van der Waals surface area (Å²) in [6, 6.07) is 31.1. The van der Waals surface area contributed by atoms with Crippen LogP contribution in [0.4, 0.5) is 0 Å². The Labute approximate surface area is 254 Å². The minimum absolute atomic E-state index is 0. The molecule has 8 nitrogen and oxygen atoms in total. The fraction of sp³-hybridized carbons (Fsp3) is 0.0909. The molecule has 2 aromatic carbocycles. The second-order valence-corrected chi connectivity index (χ2v) is 9.05. The van der Waals surface area contributed by atoms with Gasteiger partial charge in [0.15, 0.2) is 0 Å². The molecule has 1 radical (unpaired) electrons. The van der Waals surface area contributed by atoms with E-state index in [2.05, 4.69) is 54.2 Å². The van der Waals surface area contributed by atoms with Gasteiger partial charge in [0.1, 0.15) is 0 Å². The van der Waals surface area contributed by atoms with E-state index in [-0.39, 0.29) is 29.3 Å². The third-order valence-corrected chi connectivity index (χ3v) is 6.18. The van der Waals surface area contributed by atoms with E-state index in [0.717, 1.165) is 27.4 Å². The topological polar surface area (TPSA) is 122 Å². The molecule has 0 saturated carbocycles. The molecular formula is C33H26CuN6O2. The zero-order valence-electron chi connectivity index (χ0n) is 22.4. The Balaban J connectivity index is 0.000000225. The van der Waals surface area contributed by atoms with Crippen LogP contribution in [-0.2, 0) is 30.0 Å². The van der Waals surface area contributed by atoms with Gasteiger partial charge in [0.25, 0.3) is 0 Å². The summed E-state index contributed by atoms with van der Waals surface area (Å²) in [4.78, 5) is 25.0. The maximum absolute atomic E-state index is 12.6. The fourth-order valence-corrected chi connectivity index (χ4v) is 4.16. The van der Waals surface area contributed by atoms with Gasteiger partial charge in [-0.2, -0.15) is 0 Å². The normalized spacial score (nSPS) is 12.2. The van der Waals surface area contributed by atoms with Crippen LogP contribution in [0.15, 0.2) is 138 Å². The first kappa shape index (κ1) is 30.0. The third-order valence-electron chi connectivity index (χ3n) is 6.18. The van der Waals surface area contributed by atoms with Crippen molar-refractivity contribution >= 4 is 33.6 Å². The summed E-state index contributed by atoms with van der Waals surface area (Å²) in [6.45, 7) is 0.151. The Bertz CT molecular complexity index is 1710. The van der Waals surface area contributed by atoms with Gasteiger partial charge in [0.2, 0.25) is 0 Å². The summed E-state index contributed by atoms with van der Waals surface area (Å²) in [6.07, 6.45) is 7.06. The van der Waals surface area contributed by atoms with Crippen LogP contribution in [0.25, 0.3) is 21.8 Å². The van der Waals surface area contributed by atoms with E-state index in [4.69, 9.17) is 0 Å². The molecule has 0 saturated heterocycles. The van der Waals surface area contributed by atoms with E-state index >= 15 is 0 Å². The summed E-state index contributed by atoms with van der Waals surface area (Å²) < 4.78 is 0. The maximum atomic E-state index is 12.6. The summed E-state index contributed by atoms with van der Waals surface area (Å²) in [5.41, 5.74) is 3.74. The Morgan fingerprint density at radius 2 is 1.21 bits per heavy atom. The van der Waals surface area contributed by atoms with Crippen molar-refractivity contribution in [3.63, 3.8) is 0 Å². The number of rotatable bonds is 7. The van der Waals surface area contributed by atoms with Crippen molar-refractivity contribution in [2.45, 2.75) is 19.0 Å². The quantitative estimate of drug-likeness (QED) is 0.118. The predicted molar refractivity (Wildman–Crippen MR) is 157 cm³/mol. The first-order chi connectivity index (χ1) is 20.2. The molecule has 0 bridgehead atoms. The smallest absolute Gasteiger partial charge is 0.860 e. The van der Waals surface area contributed by atoms with Crippen molar-refractivity contribution < 1.29 is 27.3 Å². The van der Waals surface area contributed by atoms with Crippen LogP contribution in [-0.4, -0.2) is 37.8 Å². The summed E-state index contributed by atoms with van der Waals surface area (Å²) in [5, 5.41) is 27.3. The molecule has 0 N–H and O–H groups in total. The van der Waals surface area contributed by atoms with E-state index < -0.39 is 17.8 Å². The van der Waals surface area contributed by atoms with Gasteiger partial charge >= 0.3 is 17.1 Å². The van der Waals surface area contributed by atoms with Crippen molar-refractivity contribution in [1.82, 2.24) is 19.9 Å². The van der Waals surface area contributed by atoms with Gasteiger partial charge in [0, 0.05) is 41.5 Å². The van der Waals surface area contributed by atoms with E-state index in [1.165, 1.54) is 6.20 Å². The molecule has 0 aliphatic carbocycles. The van der Waals surface area contributed by atoms with Crippen LogP contribution in [0.1, 0.15) is 17.0 Å². The second-order valence-electron chi connectivity index (χ2n) is 9.05. The zero-order chi connectivity index (χ0) is 28.3. The zero-order valence-corrected chi connectivity index (χ0v) is 23.4. The molecule has 1 atom stereocenters. The first-order valence-corrected chi connectivity index (χ1v) is 13.1. The molecule has 6 aromatic rings. The van der Waals surface area contributed by atoms with Crippen molar-refractivity contribution in [3.05, 3.63) is 145 Å². The van der Waals surface area contributed by atoms with E-state index in [0.29, 0.717) is 12.1 Å². The van der Waals surface area contributed by atoms with Crippen LogP contribution >= 0.6 is 0 Å². The largest absolute Gasteiger partial charge is 2.00 e. The van der Waals surface area contributed by atoms with E-state index in [9.17, 15) is 10.2 Å². The Morgan fingerprint density at radius 3 is 1.81 bits per heavy atom. The number of nitrogens with zero attached hydrogens (tertiary/aromatic N) is 6. The Kier molecular flexibility index (Phi) is 10.8. The van der Waals surface area contributed by atoms with Gasteiger partial charge in [-0.3, -0.25) is 29.9 Å². The van der Waals surface area contributed by atoms with Crippen LogP contribution < -0.4 is 10.2 Å². The first-order valence-electron chi connectivity index (χ1n) is 13.1. The Morgan fingerprint density at radius 1 is 0.619 bits per heavy atom. The number of aromatic nitrogens is 4. The van der Waals surface area contributed by atoms with Gasteiger partial charge in [0.05, 0.1) is 35.0 Å². The SMILES string of the molecule is [Cu+2].[O-]C(=NC(Cc1ccccc1)C([O-])=NCc1ccccn1)c1ccccn1.c1cnc2c(c1)ccc1cccnc12. The maximum Gasteiger partial charge on any atom is 2.00 e. The van der Waals surface area contributed by atoms with E-state index in [1.807, 2.05) is 48.5 Å². The van der Waals surface area contributed by atoms with Crippen molar-refractivity contribution in [2.24, 2.45) is 9.98 Å². The molecule has 9 heteroatoms. The molecule has 211 valence electrons. The molecule has 6 rings (SSSR count). The molecule has 0 amide bonds. The third kappa shape index (κ3) is 8.04. The van der Waals surface area contributed by atoms with Crippen LogP contribution in [0.2, 0.25) is 0 Å². The van der Waals surface area contributed by atoms with Crippen molar-refractivity contribution in [1.29, 1.82) is 0 Å². The second kappa shape index (κ2) is 15.1. The molecule has 4 heterocycles. The Hall–Kier alpha value is -4.98. The van der Waals surface area contributed by atoms with Crippen LogP contribution in [0.3, 0.4) is 0 Å². The van der Waals surface area contributed by atoms with Gasteiger partial charge in [-0.15, -0.1) is 0 Å². The van der Waals surface area contributed by atoms with Gasteiger partial charge in [-0.05, 0) is 54.3 Å². The number of pyridine rings is 4. The molecular weight excluding hydrogens is 576 g/mol. The molecule has 1 unspecified atom stereocenters. The van der Waals surface area contributed by atoms with Crippen molar-refractivity contribution in [3.8, 4) is 0 Å². The number of benzene rings is 2. The average molecular weight is 602 g/mol. The summed E-state index contributed by atoms with van der Waals surface area (Å²) in [7, 11) is 0. The van der Waals surface area contributed by atoms with E-state index in [1.54, 1.807) is 48.9 Å². The number of aliphatic imine (C=N–C) groups is 2. The minimum atomic E-state index is -0.898. The van der Waals surface area contributed by atoms with Gasteiger partial charge in [-0.1, -0.05) is 66.7 Å². The molecule has 4 aromatic heterocycles. The predicted octanol–water partition coefficient (Wildman–Crippen LogP) is 3.93. The molecule has 0 spiro atoms. The fourth-order valence-electron chi connectivity index (χ4n) is 4.16. The standard InChI is InChI=1S/C21H20N4O2.C12H8N2.Cu/c26-20(24-15-17-10-4-6-12-22-17)19(14-16-8-2-1-3-9-16)25-21(27)18-11-5-7-13-23-18;1-3-9-5-6-10-4-2-8-14-12(10)11(9)13-7-1;/h1-13,19H,14-15H2,(H,24,26)(H,25,27);1-8H;/q;;+2/p-2. The number of fused-ring (bicyclic) bond motifs is 3. The van der Waals surface area contributed by atoms with Crippen LogP contribution in [0, 0.1) is 0 Å². The number of hydrogen-bond donors (Lipinski definition) is 0. The summed E-state index contributed by atoms with van der Waals surface area (Å²) >= 11 is 0. The molecule has 0 aliphatic heterocycles. The monoisotopic (exact) mass is 601 g/mol. The van der Waals surface area contributed by atoms with Crippen LogP contribution in [0.5, 0.6) is 0 Å². The van der Waals surface area contributed by atoms with Crippen molar-refractivity contribution in [2.75, 3.05) is 0 Å². The molecule has 0 fully saturated rings. The molecule has 42 heavy (non-hydrogen) atoms. The molecule has 0 aliphatic rings. The number of hydrogen-bond acceptors (Lipinski definition) is 8. The average Bonchev–Trinajstić information content (AvgIpc) is 3.05. The minimum Gasteiger partial charge on any atom is -0.860 e. The summed E-state index contributed by atoms with van der Waals surface area (Å²) in [5.74, 6) is -0.980. The van der Waals surface area contributed by atoms with Gasteiger partial charge in [-0.25, -0.2) is 0 Å². The van der Waals surface area contributed by atoms with Gasteiger partial charge < -0.3 is 10.2 Å².